The van der Waals surface area contributed by atoms with Crippen LogP contribution in [0.1, 0.15) is 26.7 Å². The minimum absolute atomic E-state index is 0.493. The summed E-state index contributed by atoms with van der Waals surface area (Å²) in [7, 11) is 0. The van der Waals surface area contributed by atoms with Gasteiger partial charge >= 0.3 is 0 Å². The molecule has 1 rings (SSSR count). The highest BCUT2D eigenvalue weighted by Crippen LogP contribution is 2.14. The van der Waals surface area contributed by atoms with Gasteiger partial charge in [-0.3, -0.25) is 0 Å². The van der Waals surface area contributed by atoms with E-state index in [4.69, 9.17) is 4.74 Å². The lowest BCUT2D eigenvalue weighted by atomic mass is 10.0. The molecule has 0 aliphatic carbocycles. The molecule has 0 bridgehead atoms. The third-order valence-electron chi connectivity index (χ3n) is 2.39. The van der Waals surface area contributed by atoms with Gasteiger partial charge < -0.3 is 10.1 Å². The summed E-state index contributed by atoms with van der Waals surface area (Å²) in [5, 5.41) is 3.36. The molecule has 76 valence electrons. The van der Waals surface area contributed by atoms with Crippen LogP contribution in [0.4, 0.5) is 0 Å². The summed E-state index contributed by atoms with van der Waals surface area (Å²) in [6.07, 6.45) is 7.05. The third kappa shape index (κ3) is 4.44. The fourth-order valence-electron chi connectivity index (χ4n) is 1.63. The van der Waals surface area contributed by atoms with Crippen LogP contribution in [0.5, 0.6) is 0 Å². The van der Waals surface area contributed by atoms with Gasteiger partial charge in [0.05, 0.1) is 6.61 Å². The average molecular weight is 183 g/mol. The van der Waals surface area contributed by atoms with E-state index in [9.17, 15) is 0 Å². The number of ether oxygens (including phenoxy) is 1. The molecular formula is C11H21NO. The Morgan fingerprint density at radius 1 is 1.62 bits per heavy atom. The summed E-state index contributed by atoms with van der Waals surface area (Å²) in [5.41, 5.74) is 0. The first-order chi connectivity index (χ1) is 6.33. The van der Waals surface area contributed by atoms with E-state index >= 15 is 0 Å². The molecule has 1 aliphatic rings. The number of likely N-dealkylation sites (N-methyl/N-ethyl adjacent to an activating group) is 1. The monoisotopic (exact) mass is 183 g/mol. The molecule has 0 radical (unpaired) electrons. The molecular weight excluding hydrogens is 162 g/mol. The van der Waals surface area contributed by atoms with Gasteiger partial charge in [-0.1, -0.05) is 19.1 Å². The minimum atomic E-state index is 0.493. The van der Waals surface area contributed by atoms with Gasteiger partial charge in [0.15, 0.2) is 0 Å². The van der Waals surface area contributed by atoms with E-state index in [2.05, 4.69) is 31.3 Å². The fraction of sp³-hybridized carbons (Fsp3) is 0.818. The van der Waals surface area contributed by atoms with Crippen molar-refractivity contribution in [3.05, 3.63) is 12.2 Å². The molecule has 1 heterocycles. The summed E-state index contributed by atoms with van der Waals surface area (Å²) in [4.78, 5) is 0. The van der Waals surface area contributed by atoms with Crippen LogP contribution >= 0.6 is 0 Å². The normalized spacial score (nSPS) is 26.5. The Morgan fingerprint density at radius 2 is 2.46 bits per heavy atom. The molecule has 1 fully saturated rings. The Kier molecular flexibility index (Phi) is 5.09. The predicted molar refractivity (Wildman–Crippen MR) is 55.8 cm³/mol. The van der Waals surface area contributed by atoms with Gasteiger partial charge in [0.2, 0.25) is 0 Å². The van der Waals surface area contributed by atoms with Crippen molar-refractivity contribution in [3.8, 4) is 0 Å². The Morgan fingerprint density at radius 3 is 3.08 bits per heavy atom. The zero-order chi connectivity index (χ0) is 9.52. The van der Waals surface area contributed by atoms with Crippen LogP contribution < -0.4 is 5.32 Å². The lowest BCUT2D eigenvalue weighted by Gasteiger charge is -2.19. The zero-order valence-corrected chi connectivity index (χ0v) is 8.75. The SMILES string of the molecule is CCNC(C)/C=C/C1CCCOC1. The number of nitrogens with one attached hydrogen (secondary N) is 1. The van der Waals surface area contributed by atoms with Gasteiger partial charge in [-0.15, -0.1) is 0 Å². The van der Waals surface area contributed by atoms with Crippen LogP contribution in [-0.2, 0) is 4.74 Å². The number of hydrogen-bond donors (Lipinski definition) is 1. The zero-order valence-electron chi connectivity index (χ0n) is 8.75. The molecule has 0 spiro atoms. The van der Waals surface area contributed by atoms with Crippen molar-refractivity contribution in [1.82, 2.24) is 5.32 Å². The van der Waals surface area contributed by atoms with Gasteiger partial charge in [-0.05, 0) is 26.3 Å². The average Bonchev–Trinajstić information content (AvgIpc) is 2.17. The maximum atomic E-state index is 5.40. The highest BCUT2D eigenvalue weighted by atomic mass is 16.5. The molecule has 0 aromatic heterocycles. The number of hydrogen-bond acceptors (Lipinski definition) is 2. The van der Waals surface area contributed by atoms with Gasteiger partial charge in [0.1, 0.15) is 0 Å². The molecule has 1 saturated heterocycles. The lowest BCUT2D eigenvalue weighted by Crippen LogP contribution is -2.24. The molecule has 2 atom stereocenters. The predicted octanol–water partition coefficient (Wildman–Crippen LogP) is 1.97. The maximum Gasteiger partial charge on any atom is 0.0528 e. The second-order valence-electron chi connectivity index (χ2n) is 3.71. The van der Waals surface area contributed by atoms with Gasteiger partial charge in [-0.25, -0.2) is 0 Å². The summed E-state index contributed by atoms with van der Waals surface area (Å²) < 4.78 is 5.40. The summed E-state index contributed by atoms with van der Waals surface area (Å²) >= 11 is 0. The van der Waals surface area contributed by atoms with E-state index in [1.54, 1.807) is 0 Å². The quantitative estimate of drug-likeness (QED) is 0.673. The van der Waals surface area contributed by atoms with Crippen LogP contribution in [0.3, 0.4) is 0 Å². The topological polar surface area (TPSA) is 21.3 Å². The highest BCUT2D eigenvalue weighted by Gasteiger charge is 2.10. The lowest BCUT2D eigenvalue weighted by molar-refractivity contribution is 0.0709. The van der Waals surface area contributed by atoms with Crippen molar-refractivity contribution in [2.24, 2.45) is 5.92 Å². The van der Waals surface area contributed by atoms with E-state index in [0.29, 0.717) is 12.0 Å². The van der Waals surface area contributed by atoms with Crippen LogP contribution in [-0.4, -0.2) is 25.8 Å². The van der Waals surface area contributed by atoms with Crippen molar-refractivity contribution in [2.75, 3.05) is 19.8 Å². The standard InChI is InChI=1S/C11H21NO/c1-3-12-10(2)6-7-11-5-4-8-13-9-11/h6-7,10-12H,3-5,8-9H2,1-2H3/b7-6+. The fourth-order valence-corrected chi connectivity index (χ4v) is 1.63. The molecule has 1 N–H and O–H groups in total. The first-order valence-electron chi connectivity index (χ1n) is 5.32. The van der Waals surface area contributed by atoms with Crippen molar-refractivity contribution < 1.29 is 4.74 Å². The maximum absolute atomic E-state index is 5.40. The van der Waals surface area contributed by atoms with Gasteiger partial charge in [0.25, 0.3) is 0 Å². The van der Waals surface area contributed by atoms with Crippen LogP contribution in [0.2, 0.25) is 0 Å². The summed E-state index contributed by atoms with van der Waals surface area (Å²) in [6.45, 7) is 7.22. The highest BCUT2D eigenvalue weighted by molar-refractivity contribution is 4.95. The van der Waals surface area contributed by atoms with E-state index in [1.807, 2.05) is 0 Å². The van der Waals surface area contributed by atoms with E-state index in [0.717, 1.165) is 19.8 Å². The van der Waals surface area contributed by atoms with Crippen LogP contribution in [0.15, 0.2) is 12.2 Å². The third-order valence-corrected chi connectivity index (χ3v) is 2.39. The minimum Gasteiger partial charge on any atom is -0.381 e. The molecule has 0 aromatic carbocycles. The van der Waals surface area contributed by atoms with Crippen molar-refractivity contribution in [2.45, 2.75) is 32.7 Å². The molecule has 0 amide bonds. The first-order valence-corrected chi connectivity index (χ1v) is 5.32. The van der Waals surface area contributed by atoms with Crippen molar-refractivity contribution in [1.29, 1.82) is 0 Å². The Labute approximate surface area is 81.4 Å². The molecule has 13 heavy (non-hydrogen) atoms. The summed E-state index contributed by atoms with van der Waals surface area (Å²) in [6, 6.07) is 0.493. The van der Waals surface area contributed by atoms with E-state index < -0.39 is 0 Å². The smallest absolute Gasteiger partial charge is 0.0528 e. The molecule has 2 heteroatoms. The largest absolute Gasteiger partial charge is 0.381 e. The Hall–Kier alpha value is -0.340. The summed E-state index contributed by atoms with van der Waals surface area (Å²) in [5.74, 6) is 0.648. The van der Waals surface area contributed by atoms with Crippen molar-refractivity contribution in [3.63, 3.8) is 0 Å². The molecule has 1 aliphatic heterocycles. The van der Waals surface area contributed by atoms with Gasteiger partial charge in [-0.2, -0.15) is 0 Å². The van der Waals surface area contributed by atoms with Gasteiger partial charge in [0, 0.05) is 18.6 Å². The van der Waals surface area contributed by atoms with Crippen LogP contribution in [0, 0.1) is 5.92 Å². The molecule has 2 unspecified atom stereocenters. The number of rotatable bonds is 4. The second-order valence-corrected chi connectivity index (χ2v) is 3.71. The molecule has 2 nitrogen and oxygen atoms in total. The Bertz CT molecular complexity index is 150. The Balaban J connectivity index is 2.20. The van der Waals surface area contributed by atoms with E-state index in [1.165, 1.54) is 12.8 Å². The van der Waals surface area contributed by atoms with E-state index in [-0.39, 0.29) is 0 Å². The van der Waals surface area contributed by atoms with Crippen molar-refractivity contribution >= 4 is 0 Å². The molecule has 0 saturated carbocycles. The van der Waals surface area contributed by atoms with Crippen LogP contribution in [0.25, 0.3) is 0 Å². The first kappa shape index (κ1) is 10.7. The second kappa shape index (κ2) is 6.17. The molecule has 0 aromatic rings.